The zero-order valence-corrected chi connectivity index (χ0v) is 9.04. The molecule has 1 aliphatic rings. The van der Waals surface area contributed by atoms with Crippen LogP contribution < -0.4 is 0 Å². The van der Waals surface area contributed by atoms with Crippen molar-refractivity contribution in [1.29, 1.82) is 0 Å². The Morgan fingerprint density at radius 2 is 1.94 bits per heavy atom. The molecule has 0 aromatic heterocycles. The van der Waals surface area contributed by atoms with Gasteiger partial charge in [0.1, 0.15) is 11.4 Å². The van der Waals surface area contributed by atoms with Crippen molar-refractivity contribution in [3.8, 4) is 5.75 Å². The molecule has 0 aliphatic heterocycles. The molecule has 0 atom stereocenters. The van der Waals surface area contributed by atoms with Gasteiger partial charge >= 0.3 is 0 Å². The summed E-state index contributed by atoms with van der Waals surface area (Å²) in [5.41, 5.74) is -1.52. The van der Waals surface area contributed by atoms with Gasteiger partial charge in [-0.05, 0) is 25.0 Å². The lowest BCUT2D eigenvalue weighted by molar-refractivity contribution is 0.375. The number of rotatable bonds is 2. The van der Waals surface area contributed by atoms with Gasteiger partial charge in [0.15, 0.2) is 11.6 Å². The number of benzene rings is 1. The summed E-state index contributed by atoms with van der Waals surface area (Å²) in [4.78, 5) is 14.0. The van der Waals surface area contributed by atoms with E-state index >= 15 is 0 Å². The first-order valence-corrected chi connectivity index (χ1v) is 5.37. The van der Waals surface area contributed by atoms with E-state index in [0.717, 1.165) is 25.0 Å². The molecule has 1 aliphatic carbocycles. The fraction of sp³-hybridized carbons (Fsp3) is 0.417. The minimum Gasteiger partial charge on any atom is -0.505 e. The summed E-state index contributed by atoms with van der Waals surface area (Å²) in [7, 11) is 0. The Balaban J connectivity index is 2.65. The molecule has 1 saturated carbocycles. The molecule has 0 saturated heterocycles. The molecule has 2 rings (SSSR count). The highest BCUT2D eigenvalue weighted by Gasteiger charge is 2.41. The SMILES string of the molecule is O=C=NC1(c2c(F)ccc(O)c2F)CCCC1. The summed E-state index contributed by atoms with van der Waals surface area (Å²) < 4.78 is 27.5. The van der Waals surface area contributed by atoms with E-state index in [-0.39, 0.29) is 5.56 Å². The van der Waals surface area contributed by atoms with Crippen LogP contribution in [-0.4, -0.2) is 11.2 Å². The number of phenols is 1. The third-order valence-corrected chi connectivity index (χ3v) is 3.23. The molecule has 90 valence electrons. The predicted molar refractivity (Wildman–Crippen MR) is 56.3 cm³/mol. The van der Waals surface area contributed by atoms with Gasteiger partial charge in [0.05, 0.1) is 5.56 Å². The smallest absolute Gasteiger partial charge is 0.235 e. The van der Waals surface area contributed by atoms with Gasteiger partial charge in [-0.25, -0.2) is 13.6 Å². The number of carbonyl (C=O) groups excluding carboxylic acids is 1. The maximum absolute atomic E-state index is 13.8. The molecule has 1 aromatic rings. The number of aromatic hydroxyl groups is 1. The number of hydrogen-bond donors (Lipinski definition) is 1. The van der Waals surface area contributed by atoms with Crippen LogP contribution in [0.25, 0.3) is 0 Å². The highest BCUT2D eigenvalue weighted by molar-refractivity contribution is 5.42. The molecule has 1 N–H and O–H groups in total. The standard InChI is InChI=1S/C12H11F2NO2/c13-8-3-4-9(17)11(14)10(8)12(15-7-16)5-1-2-6-12/h3-4,17H,1-2,5-6H2. The first kappa shape index (κ1) is 11.7. The molecule has 5 heteroatoms. The second kappa shape index (κ2) is 4.26. The fourth-order valence-electron chi connectivity index (χ4n) is 2.43. The van der Waals surface area contributed by atoms with Crippen LogP contribution in [0.2, 0.25) is 0 Å². The average molecular weight is 239 g/mol. The third-order valence-electron chi connectivity index (χ3n) is 3.23. The minimum absolute atomic E-state index is 0.321. The van der Waals surface area contributed by atoms with Crippen LogP contribution in [0, 0.1) is 11.6 Å². The van der Waals surface area contributed by atoms with E-state index in [1.807, 2.05) is 0 Å². The van der Waals surface area contributed by atoms with Crippen LogP contribution in [0.3, 0.4) is 0 Å². The summed E-state index contributed by atoms with van der Waals surface area (Å²) in [5, 5.41) is 9.29. The molecule has 0 amide bonds. The maximum Gasteiger partial charge on any atom is 0.235 e. The summed E-state index contributed by atoms with van der Waals surface area (Å²) in [6, 6.07) is 1.93. The van der Waals surface area contributed by atoms with Gasteiger partial charge in [-0.3, -0.25) is 0 Å². The third kappa shape index (κ3) is 1.83. The predicted octanol–water partition coefficient (Wildman–Crippen LogP) is 2.78. The van der Waals surface area contributed by atoms with Crippen molar-refractivity contribution in [2.75, 3.05) is 0 Å². The van der Waals surface area contributed by atoms with E-state index in [9.17, 15) is 18.7 Å². The van der Waals surface area contributed by atoms with E-state index in [1.54, 1.807) is 0 Å². The molecule has 1 aromatic carbocycles. The van der Waals surface area contributed by atoms with Gasteiger partial charge in [-0.1, -0.05) is 12.8 Å². The second-order valence-electron chi connectivity index (χ2n) is 4.20. The molecule has 0 heterocycles. The number of hydrogen-bond acceptors (Lipinski definition) is 3. The molecule has 0 radical (unpaired) electrons. The summed E-state index contributed by atoms with van der Waals surface area (Å²) in [6.45, 7) is 0. The lowest BCUT2D eigenvalue weighted by Crippen LogP contribution is -2.22. The van der Waals surface area contributed by atoms with E-state index in [2.05, 4.69) is 4.99 Å². The van der Waals surface area contributed by atoms with Gasteiger partial charge in [0.25, 0.3) is 0 Å². The number of nitrogens with zero attached hydrogens (tertiary/aromatic N) is 1. The number of aliphatic imine (C=N–C) groups is 1. The Kier molecular flexibility index (Phi) is 2.94. The average Bonchev–Trinajstić information content (AvgIpc) is 2.74. The Labute approximate surface area is 96.8 Å². The molecule has 0 unspecified atom stereocenters. The summed E-state index contributed by atoms with van der Waals surface area (Å²) in [5.74, 6) is -2.46. The van der Waals surface area contributed by atoms with E-state index in [1.165, 1.54) is 6.08 Å². The van der Waals surface area contributed by atoms with Crippen molar-refractivity contribution in [1.82, 2.24) is 0 Å². The summed E-state index contributed by atoms with van der Waals surface area (Å²) >= 11 is 0. The molecule has 0 spiro atoms. The van der Waals surface area contributed by atoms with Gasteiger partial charge in [-0.15, -0.1) is 0 Å². The van der Waals surface area contributed by atoms with Gasteiger partial charge in [-0.2, -0.15) is 4.99 Å². The van der Waals surface area contributed by atoms with Gasteiger partial charge in [0, 0.05) is 0 Å². The highest BCUT2D eigenvalue weighted by atomic mass is 19.1. The molecular weight excluding hydrogens is 228 g/mol. The Bertz CT molecular complexity index is 490. The minimum atomic E-state index is -1.20. The van der Waals surface area contributed by atoms with Crippen LogP contribution in [0.15, 0.2) is 17.1 Å². The van der Waals surface area contributed by atoms with Crippen LogP contribution in [-0.2, 0) is 10.3 Å². The van der Waals surface area contributed by atoms with Crippen molar-refractivity contribution in [2.24, 2.45) is 4.99 Å². The molecular formula is C12H11F2NO2. The molecule has 1 fully saturated rings. The van der Waals surface area contributed by atoms with Crippen LogP contribution in [0.1, 0.15) is 31.2 Å². The van der Waals surface area contributed by atoms with Gasteiger partial charge in [0.2, 0.25) is 6.08 Å². The topological polar surface area (TPSA) is 49.7 Å². The first-order chi connectivity index (χ1) is 8.10. The van der Waals surface area contributed by atoms with Crippen molar-refractivity contribution < 1.29 is 18.7 Å². The summed E-state index contributed by atoms with van der Waals surface area (Å²) in [6.07, 6.45) is 3.63. The zero-order chi connectivity index (χ0) is 12.5. The molecule has 3 nitrogen and oxygen atoms in total. The van der Waals surface area contributed by atoms with Crippen LogP contribution in [0.4, 0.5) is 8.78 Å². The van der Waals surface area contributed by atoms with E-state index < -0.39 is 22.9 Å². The second-order valence-corrected chi connectivity index (χ2v) is 4.20. The largest absolute Gasteiger partial charge is 0.505 e. The maximum atomic E-state index is 13.8. The van der Waals surface area contributed by atoms with Crippen molar-refractivity contribution in [3.05, 3.63) is 29.3 Å². The normalized spacial score (nSPS) is 17.8. The van der Waals surface area contributed by atoms with E-state index in [0.29, 0.717) is 12.8 Å². The van der Waals surface area contributed by atoms with Crippen molar-refractivity contribution >= 4 is 6.08 Å². The quantitative estimate of drug-likeness (QED) is 0.637. The monoisotopic (exact) mass is 239 g/mol. The Morgan fingerprint density at radius 3 is 2.53 bits per heavy atom. The van der Waals surface area contributed by atoms with Crippen LogP contribution >= 0.6 is 0 Å². The lowest BCUT2D eigenvalue weighted by atomic mass is 9.88. The van der Waals surface area contributed by atoms with Crippen molar-refractivity contribution in [2.45, 2.75) is 31.2 Å². The Hall–Kier alpha value is -1.74. The van der Waals surface area contributed by atoms with Gasteiger partial charge < -0.3 is 5.11 Å². The molecule has 0 bridgehead atoms. The Morgan fingerprint density at radius 1 is 1.29 bits per heavy atom. The zero-order valence-electron chi connectivity index (χ0n) is 9.04. The highest BCUT2D eigenvalue weighted by Crippen LogP contribution is 2.45. The number of phenolic OH excluding ortho intramolecular Hbond substituents is 1. The first-order valence-electron chi connectivity index (χ1n) is 5.37. The lowest BCUT2D eigenvalue weighted by Gasteiger charge is -2.24. The molecule has 17 heavy (non-hydrogen) atoms. The number of isocyanates is 1. The van der Waals surface area contributed by atoms with Crippen LogP contribution in [0.5, 0.6) is 5.75 Å². The fourth-order valence-corrected chi connectivity index (χ4v) is 2.43. The van der Waals surface area contributed by atoms with Crippen molar-refractivity contribution in [3.63, 3.8) is 0 Å². The number of halogens is 2. The van der Waals surface area contributed by atoms with E-state index in [4.69, 9.17) is 0 Å².